The van der Waals surface area contributed by atoms with Crippen LogP contribution in [0.1, 0.15) is 90.2 Å². The third-order valence-electron chi connectivity index (χ3n) is 13.6. The summed E-state index contributed by atoms with van der Waals surface area (Å²) >= 11 is 0. The minimum Gasteiger partial charge on any atom is -0.508 e. The number of benzene rings is 2. The first kappa shape index (κ1) is 50.2. The molecule has 0 radical (unpaired) electrons. The molecule has 6 bridgehead atoms. The summed E-state index contributed by atoms with van der Waals surface area (Å²) in [6.07, 6.45) is 5.08. The number of esters is 1. The number of amides is 3. The number of likely N-dealkylation sites (N-methyl/N-ethyl adjacent to an activating group) is 1. The van der Waals surface area contributed by atoms with Gasteiger partial charge in [-0.1, -0.05) is 39.8 Å². The molecule has 3 N–H and O–H groups in total. The number of ether oxygens (including phenoxy) is 2. The number of sulfone groups is 1. The topological polar surface area (TPSA) is 189 Å². The minimum absolute atomic E-state index is 0.0411. The number of hydrazine groups is 1. The van der Waals surface area contributed by atoms with Crippen LogP contribution in [0.4, 0.5) is 4.39 Å². The highest BCUT2D eigenvalue weighted by Gasteiger charge is 2.42. The number of allylic oxidation sites excluding steroid dienone is 1. The molecule has 7 rings (SSSR count). The van der Waals surface area contributed by atoms with Gasteiger partial charge in [0.25, 0.3) is 5.91 Å². The molecule has 4 atom stereocenters. The number of fused-ring (bicyclic) bond motifs is 6. The Morgan fingerprint density at radius 3 is 2.53 bits per heavy atom. The second-order valence-corrected chi connectivity index (χ2v) is 21.8. The van der Waals surface area contributed by atoms with Gasteiger partial charge in [-0.2, -0.15) is 4.39 Å². The van der Waals surface area contributed by atoms with Crippen LogP contribution in [-0.4, -0.2) is 108 Å². The molecule has 1 saturated heterocycles. The largest absolute Gasteiger partial charge is 0.508 e. The van der Waals surface area contributed by atoms with E-state index in [2.05, 4.69) is 54.3 Å². The van der Waals surface area contributed by atoms with Crippen LogP contribution in [0.3, 0.4) is 0 Å². The van der Waals surface area contributed by atoms with Crippen molar-refractivity contribution >= 4 is 44.4 Å². The van der Waals surface area contributed by atoms with Crippen LogP contribution in [0.15, 0.2) is 66.0 Å². The molecule has 2 fully saturated rings. The molecule has 17 heteroatoms. The van der Waals surface area contributed by atoms with Crippen molar-refractivity contribution in [2.24, 2.45) is 23.2 Å². The number of halogens is 1. The monoisotopic (exact) mass is 956 g/mol. The number of aromatic nitrogens is 2. The van der Waals surface area contributed by atoms with Gasteiger partial charge in [0, 0.05) is 73.9 Å². The highest BCUT2D eigenvalue weighted by molar-refractivity contribution is 7.94. The Morgan fingerprint density at radius 2 is 1.85 bits per heavy atom. The highest BCUT2D eigenvalue weighted by Crippen LogP contribution is 2.43. The van der Waals surface area contributed by atoms with E-state index in [-0.39, 0.29) is 50.2 Å². The zero-order valence-corrected chi connectivity index (χ0v) is 41.3. The summed E-state index contributed by atoms with van der Waals surface area (Å²) in [7, 11) is -0.829. The van der Waals surface area contributed by atoms with Crippen LogP contribution < -0.4 is 10.7 Å². The number of rotatable bonds is 11. The number of hydrogen-bond donors (Lipinski definition) is 3. The van der Waals surface area contributed by atoms with Gasteiger partial charge in [-0.25, -0.2) is 13.8 Å². The number of nitrogens with zero attached hydrogens (tertiary/aromatic N) is 4. The van der Waals surface area contributed by atoms with Gasteiger partial charge in [-0.15, -0.1) is 0 Å². The van der Waals surface area contributed by atoms with E-state index in [1.54, 1.807) is 39.3 Å². The molecule has 1 saturated carbocycles. The Hall–Kier alpha value is -5.65. The lowest BCUT2D eigenvalue weighted by Gasteiger charge is -2.39. The highest BCUT2D eigenvalue weighted by atomic mass is 32.2. The second-order valence-electron chi connectivity index (χ2n) is 19.8. The predicted octanol–water partition coefficient (Wildman–Crippen LogP) is 6.82. The van der Waals surface area contributed by atoms with Crippen molar-refractivity contribution in [2.45, 2.75) is 111 Å². The summed E-state index contributed by atoms with van der Waals surface area (Å²) in [5, 5.41) is 15.4. The van der Waals surface area contributed by atoms with Crippen LogP contribution in [-0.2, 0) is 57.9 Å². The lowest BCUT2D eigenvalue weighted by molar-refractivity contribution is -0.155. The average molecular weight is 957 g/mol. The fourth-order valence-corrected chi connectivity index (χ4v) is 10.4. The summed E-state index contributed by atoms with van der Waals surface area (Å²) < 4.78 is 51.6. The fraction of sp³-hybridized carbons (Fsp3) is 0.510. The third kappa shape index (κ3) is 10.6. The van der Waals surface area contributed by atoms with Crippen LogP contribution in [0, 0.1) is 23.2 Å². The second kappa shape index (κ2) is 20.1. The maximum absolute atomic E-state index is 14.7. The van der Waals surface area contributed by atoms with E-state index in [0.717, 1.165) is 51.3 Å². The molecule has 1 aliphatic carbocycles. The number of phenols is 1. The molecule has 2 aromatic carbocycles. The van der Waals surface area contributed by atoms with Gasteiger partial charge in [0.15, 0.2) is 0 Å². The molecule has 2 aromatic heterocycles. The zero-order valence-electron chi connectivity index (χ0n) is 40.5. The molecule has 0 spiro atoms. The Balaban J connectivity index is 1.28. The van der Waals surface area contributed by atoms with Gasteiger partial charge in [0.2, 0.25) is 26.8 Å². The minimum atomic E-state index is -4.00. The number of hydrogen-bond acceptors (Lipinski definition) is 11. The third-order valence-corrected chi connectivity index (χ3v) is 14.4. The number of phenolic OH excluding ortho intramolecular Hbond substituents is 1. The quantitative estimate of drug-likeness (QED) is 0.134. The van der Waals surface area contributed by atoms with Crippen LogP contribution >= 0.6 is 0 Å². The molecule has 3 aliphatic rings. The van der Waals surface area contributed by atoms with E-state index in [1.165, 1.54) is 17.0 Å². The van der Waals surface area contributed by atoms with Crippen molar-refractivity contribution in [3.8, 4) is 28.1 Å². The molecule has 4 aromatic rings. The van der Waals surface area contributed by atoms with Crippen molar-refractivity contribution in [3.63, 3.8) is 0 Å². The van der Waals surface area contributed by atoms with Crippen molar-refractivity contribution in [1.82, 2.24) is 30.2 Å². The SMILES string of the molecule is CCn1c(-c2cccnc2[C@H](C)OC)c2c3cc(ccc31)-c1cc(O)cc(c1)C[C@H](NC(=O)[C@H](C(C)C)N(C)C(=O)C1CC(/C=C(\F)S(C)(=O)=O)C1)C(=O)N1CCC[C@H](N1)C(=O)OCC(C)(C)C2. The van der Waals surface area contributed by atoms with Crippen LogP contribution in [0.25, 0.3) is 33.3 Å². The van der Waals surface area contributed by atoms with Crippen molar-refractivity contribution in [2.75, 3.05) is 33.6 Å². The van der Waals surface area contributed by atoms with Crippen molar-refractivity contribution in [3.05, 3.63) is 82.8 Å². The molecule has 366 valence electrons. The van der Waals surface area contributed by atoms with Crippen molar-refractivity contribution < 1.29 is 46.6 Å². The van der Waals surface area contributed by atoms with Crippen LogP contribution in [0.5, 0.6) is 5.75 Å². The summed E-state index contributed by atoms with van der Waals surface area (Å²) in [4.78, 5) is 63.0. The number of carbonyl (C=O) groups is 4. The first-order valence-corrected chi connectivity index (χ1v) is 25.3. The normalized spacial score (nSPS) is 22.2. The number of pyridine rings is 1. The van der Waals surface area contributed by atoms with Gasteiger partial charge in [0.1, 0.15) is 23.9 Å². The first-order valence-electron chi connectivity index (χ1n) is 23.5. The standard InChI is InChI=1S/C51H65FN6O9S/c1-10-57-42-16-15-33-26-38(42)39(46(57)37-13-11-17-53-44(37)30(4)66-8)27-51(5,6)28-67-50(63)40-14-12-18-58(55-40)49(62)41(23-32-19-34(33)25-36(59)22-32)54-47(60)45(29(2)3)56(7)48(61)35-20-31(21-35)24-43(52)68(9,64)65/h11,13,15-17,19,22,24-26,29-31,35,40-41,45,55,59H,10,12,14,18,20-21,23,27-28H2,1-9H3,(H,54,60)/b43-24+/t30-,31?,35?,40-,41-,45-/m0/s1. The Labute approximate surface area is 398 Å². The molecule has 2 aliphatic heterocycles. The number of cyclic esters (lactones) is 1. The van der Waals surface area contributed by atoms with Gasteiger partial charge >= 0.3 is 5.97 Å². The van der Waals surface area contributed by atoms with E-state index in [0.29, 0.717) is 36.9 Å². The fourth-order valence-electron chi connectivity index (χ4n) is 9.98. The first-order chi connectivity index (χ1) is 32.1. The van der Waals surface area contributed by atoms with Crippen molar-refractivity contribution in [1.29, 1.82) is 0 Å². The van der Waals surface area contributed by atoms with E-state index >= 15 is 0 Å². The molecular formula is C51H65FN6O9S. The van der Waals surface area contributed by atoms with Gasteiger partial charge in [-0.3, -0.25) is 29.2 Å². The molecule has 15 nitrogen and oxygen atoms in total. The van der Waals surface area contributed by atoms with E-state index < -0.39 is 74.1 Å². The van der Waals surface area contributed by atoms with Crippen LogP contribution in [0.2, 0.25) is 0 Å². The molecule has 4 heterocycles. The summed E-state index contributed by atoms with van der Waals surface area (Å²) in [6.45, 7) is 12.7. The van der Waals surface area contributed by atoms with E-state index in [1.807, 2.05) is 25.1 Å². The lowest BCUT2D eigenvalue weighted by Crippen LogP contribution is -2.62. The lowest BCUT2D eigenvalue weighted by atomic mass is 9.74. The summed E-state index contributed by atoms with van der Waals surface area (Å²) in [6, 6.07) is 12.2. The number of carbonyl (C=O) groups excluding carboxylic acids is 4. The number of nitrogens with one attached hydrogen (secondary N) is 2. The summed E-state index contributed by atoms with van der Waals surface area (Å²) in [5.74, 6) is -3.41. The number of methoxy groups -OCH3 is 1. The maximum atomic E-state index is 14.7. The molecule has 3 amide bonds. The number of aryl methyl sites for hydroxylation is 1. The maximum Gasteiger partial charge on any atom is 0.324 e. The zero-order chi connectivity index (χ0) is 49.4. The molecule has 0 unspecified atom stereocenters. The molecular weight excluding hydrogens is 892 g/mol. The van der Waals surface area contributed by atoms with Gasteiger partial charge < -0.3 is 29.4 Å². The Bertz CT molecular complexity index is 2730. The Morgan fingerprint density at radius 1 is 1.12 bits per heavy atom. The van der Waals surface area contributed by atoms with Gasteiger partial charge in [0.05, 0.1) is 24.1 Å². The number of aromatic hydroxyl groups is 1. The van der Waals surface area contributed by atoms with E-state index in [4.69, 9.17) is 14.5 Å². The Kier molecular flexibility index (Phi) is 14.9. The van der Waals surface area contributed by atoms with E-state index in [9.17, 15) is 37.1 Å². The summed E-state index contributed by atoms with van der Waals surface area (Å²) in [5.41, 5.74) is 9.30. The smallest absolute Gasteiger partial charge is 0.324 e. The average Bonchev–Trinajstić information content (AvgIpc) is 3.58. The molecule has 68 heavy (non-hydrogen) atoms. The predicted molar refractivity (Wildman–Crippen MR) is 257 cm³/mol. The van der Waals surface area contributed by atoms with Gasteiger partial charge in [-0.05, 0) is 123 Å².